The molecule has 0 aliphatic heterocycles. The number of nitrogens with zero attached hydrogens (tertiary/aromatic N) is 2. The predicted molar refractivity (Wildman–Crippen MR) is 199 cm³/mol. The molecule has 2 aromatic rings. The summed E-state index contributed by atoms with van der Waals surface area (Å²) in [6.45, 7) is 22.1. The fourth-order valence-corrected chi connectivity index (χ4v) is 4.45. The van der Waals surface area contributed by atoms with Gasteiger partial charge in [0.2, 0.25) is 0 Å². The number of aliphatic hydroxyl groups excluding tert-OH is 2. The van der Waals surface area contributed by atoms with Gasteiger partial charge in [-0.2, -0.15) is 0 Å². The van der Waals surface area contributed by atoms with Crippen LogP contribution in [0.25, 0.3) is 0 Å². The maximum absolute atomic E-state index is 13.1. The van der Waals surface area contributed by atoms with E-state index in [9.17, 15) is 19.8 Å². The molecule has 0 spiro atoms. The highest BCUT2D eigenvalue weighted by atomic mass is 16.5. The molecule has 0 fully saturated rings. The zero-order chi connectivity index (χ0) is 37.4. The summed E-state index contributed by atoms with van der Waals surface area (Å²) in [4.78, 5) is 29.1. The van der Waals surface area contributed by atoms with Crippen LogP contribution in [0.4, 0.5) is 0 Å². The molecule has 51 heavy (non-hydrogen) atoms. The molecule has 260 valence electrons. The Labute approximate surface area is 300 Å². The minimum Gasteiger partial charge on any atom is -0.491 e. The van der Waals surface area contributed by atoms with E-state index >= 15 is 0 Å². The molecule has 0 radical (unpaired) electrons. The Balaban J connectivity index is 2.07. The smallest absolute Gasteiger partial charge is 0.261 e. The zero-order valence-electron chi connectivity index (χ0n) is 28.7. The summed E-state index contributed by atoms with van der Waals surface area (Å²) in [6.07, 6.45) is 4.31. The van der Waals surface area contributed by atoms with Gasteiger partial charge in [-0.3, -0.25) is 9.59 Å². The van der Waals surface area contributed by atoms with Crippen molar-refractivity contribution in [2.75, 3.05) is 39.4 Å². The van der Waals surface area contributed by atoms with E-state index in [1.165, 1.54) is 9.80 Å². The summed E-state index contributed by atoms with van der Waals surface area (Å²) in [6, 6.07) is 14.7. The van der Waals surface area contributed by atoms with Gasteiger partial charge in [0.25, 0.3) is 11.8 Å². The lowest BCUT2D eigenvalue weighted by molar-refractivity contribution is -0.128. The third-order valence-corrected chi connectivity index (χ3v) is 6.87. The van der Waals surface area contributed by atoms with Crippen molar-refractivity contribution in [1.29, 1.82) is 0 Å². The van der Waals surface area contributed by atoms with Gasteiger partial charge in [-0.1, -0.05) is 60.0 Å². The van der Waals surface area contributed by atoms with Gasteiger partial charge in [0.1, 0.15) is 36.9 Å². The maximum Gasteiger partial charge on any atom is 0.261 e. The van der Waals surface area contributed by atoms with Crippen LogP contribution >= 0.6 is 0 Å². The average molecular weight is 683 g/mol. The molecule has 8 nitrogen and oxygen atoms in total. The normalized spacial score (nSPS) is 10.5. The second-order valence-corrected chi connectivity index (χ2v) is 10.6. The van der Waals surface area contributed by atoms with Gasteiger partial charge in [-0.15, -0.1) is 26.3 Å². The minimum absolute atomic E-state index is 0.0565. The molecule has 0 saturated carbocycles. The molecule has 2 rings (SSSR count). The van der Waals surface area contributed by atoms with E-state index in [2.05, 4.69) is 85.3 Å². The van der Waals surface area contributed by atoms with E-state index < -0.39 is 24.0 Å². The van der Waals surface area contributed by atoms with Crippen LogP contribution in [0.2, 0.25) is 0 Å². The molecule has 0 aliphatic carbocycles. The van der Waals surface area contributed by atoms with Crippen molar-refractivity contribution in [3.63, 3.8) is 0 Å². The van der Waals surface area contributed by atoms with Crippen molar-refractivity contribution in [1.82, 2.24) is 9.80 Å². The number of rotatable bonds is 20. The summed E-state index contributed by atoms with van der Waals surface area (Å²) in [5.74, 6) is 0.0677. The Morgan fingerprint density at radius 1 is 0.608 bits per heavy atom. The highest BCUT2D eigenvalue weighted by molar-refractivity contribution is 5.95. The number of carbonyl (C=O) groups excluding carboxylic acids is 2. The Morgan fingerprint density at radius 3 is 1.24 bits per heavy atom. The van der Waals surface area contributed by atoms with E-state index in [4.69, 9.17) is 9.47 Å². The molecule has 0 aromatic heterocycles. The fourth-order valence-electron chi connectivity index (χ4n) is 4.45. The van der Waals surface area contributed by atoms with Crippen molar-refractivity contribution < 1.29 is 29.3 Å². The monoisotopic (exact) mass is 682 g/mol. The molecular weight excluding hydrogens is 640 g/mol. The lowest BCUT2D eigenvalue weighted by atomic mass is 10.0. The van der Waals surface area contributed by atoms with Crippen LogP contribution in [-0.2, 0) is 16.0 Å². The first-order chi connectivity index (χ1) is 24.7. The molecule has 2 unspecified atom stereocenters. The van der Waals surface area contributed by atoms with E-state index in [1.54, 1.807) is 48.6 Å². The number of benzene rings is 2. The highest BCUT2D eigenvalue weighted by Crippen LogP contribution is 2.20. The summed E-state index contributed by atoms with van der Waals surface area (Å²) in [5, 5.41) is 21.7. The Bertz CT molecular complexity index is 1730. The molecule has 2 N–H and O–H groups in total. The summed E-state index contributed by atoms with van der Waals surface area (Å²) >= 11 is 0. The topological polar surface area (TPSA) is 99.5 Å². The first kappa shape index (κ1) is 40.8. The van der Waals surface area contributed by atoms with Gasteiger partial charge in [-0.05, 0) is 89.4 Å². The standard InChI is InChI=1S/C43H42N2O6/c1-7-13-15-17-38(42(48)44(27-9-3)28-10-4)40(46)32-50-36-23-19-34(20-24-36)31-35-21-25-37(26-22-35)51-33-41(47)39(18-16-14-8-2)43(49)45(29-11-5)30-12-6/h9-12,19-26,40-41,46-47H,1-6,27-33H2. The number of aliphatic hydroxyl groups is 2. The number of hydrogen-bond donors (Lipinski definition) is 2. The van der Waals surface area contributed by atoms with Gasteiger partial charge in [0, 0.05) is 26.2 Å². The molecular formula is C43H42N2O6. The molecule has 2 atom stereocenters. The van der Waals surface area contributed by atoms with E-state index in [1.807, 2.05) is 24.3 Å². The van der Waals surface area contributed by atoms with Gasteiger partial charge < -0.3 is 29.5 Å². The van der Waals surface area contributed by atoms with E-state index in [0.717, 1.165) is 11.1 Å². The lowest BCUT2D eigenvalue weighted by Gasteiger charge is -2.22. The third kappa shape index (κ3) is 13.9. The molecule has 0 saturated heterocycles. The Kier molecular flexibility index (Phi) is 18.4. The Hall–Kier alpha value is -6.42. The molecule has 0 bridgehead atoms. The van der Waals surface area contributed by atoms with Gasteiger partial charge >= 0.3 is 0 Å². The summed E-state index contributed by atoms with van der Waals surface area (Å²) in [7, 11) is 0. The van der Waals surface area contributed by atoms with Crippen molar-refractivity contribution in [3.8, 4) is 11.5 Å². The minimum atomic E-state index is -1.30. The number of hydrogen-bond acceptors (Lipinski definition) is 6. The van der Waals surface area contributed by atoms with Crippen molar-refractivity contribution >= 4 is 11.8 Å². The van der Waals surface area contributed by atoms with Crippen LogP contribution in [0.1, 0.15) is 11.1 Å². The third-order valence-electron chi connectivity index (χ3n) is 6.87. The van der Waals surface area contributed by atoms with E-state index in [-0.39, 0.29) is 50.5 Å². The Morgan fingerprint density at radius 2 is 0.941 bits per heavy atom. The van der Waals surface area contributed by atoms with Crippen molar-refractivity contribution in [2.45, 2.75) is 18.6 Å². The largest absolute Gasteiger partial charge is 0.491 e. The van der Waals surface area contributed by atoms with Crippen molar-refractivity contribution in [2.24, 2.45) is 0 Å². The molecule has 0 aliphatic rings. The first-order valence-corrected chi connectivity index (χ1v) is 15.8. The molecule has 0 heterocycles. The van der Waals surface area contributed by atoms with Crippen LogP contribution in [0.15, 0.2) is 169 Å². The zero-order valence-corrected chi connectivity index (χ0v) is 28.7. The van der Waals surface area contributed by atoms with Gasteiger partial charge in [-0.25, -0.2) is 0 Å². The lowest BCUT2D eigenvalue weighted by Crippen LogP contribution is -2.37. The number of amides is 2. The van der Waals surface area contributed by atoms with Gasteiger partial charge in [0.15, 0.2) is 0 Å². The van der Waals surface area contributed by atoms with Gasteiger partial charge in [0.05, 0.1) is 11.1 Å². The second-order valence-electron chi connectivity index (χ2n) is 10.6. The SMILES string of the molecule is C=C=C=C=C=C(C(=O)N(CC=C)CC=C)C(O)COc1ccc(Cc2ccc(OCC(O)C(=C=C=C=C=C)C(=O)N(CC=C)CC=C)cc2)cc1. The maximum atomic E-state index is 13.1. The quantitative estimate of drug-likeness (QED) is 0.109. The number of ether oxygens (including phenoxy) is 2. The number of carbonyl (C=O) groups is 2. The highest BCUT2D eigenvalue weighted by Gasteiger charge is 2.25. The van der Waals surface area contributed by atoms with E-state index in [0.29, 0.717) is 17.9 Å². The van der Waals surface area contributed by atoms with Crippen molar-refractivity contribution in [3.05, 3.63) is 180 Å². The second kappa shape index (κ2) is 23.0. The van der Waals surface area contributed by atoms with Crippen LogP contribution in [-0.4, -0.2) is 83.4 Å². The summed E-state index contributed by atoms with van der Waals surface area (Å²) < 4.78 is 11.6. The summed E-state index contributed by atoms with van der Waals surface area (Å²) in [5.41, 5.74) is 22.0. The molecule has 8 heteroatoms. The molecule has 2 aromatic carbocycles. The van der Waals surface area contributed by atoms with Crippen LogP contribution in [0.3, 0.4) is 0 Å². The first-order valence-electron chi connectivity index (χ1n) is 15.8. The van der Waals surface area contributed by atoms with Crippen LogP contribution < -0.4 is 9.47 Å². The fraction of sp³-hybridized carbons (Fsp3) is 0.209. The van der Waals surface area contributed by atoms with Crippen LogP contribution in [0.5, 0.6) is 11.5 Å². The van der Waals surface area contributed by atoms with Crippen LogP contribution in [0, 0.1) is 0 Å². The predicted octanol–water partition coefficient (Wildman–Crippen LogP) is 5.51. The average Bonchev–Trinajstić information content (AvgIpc) is 3.13. The molecule has 2 amide bonds.